The molecule has 0 bridgehead atoms. The molecule has 0 aromatic carbocycles. The lowest BCUT2D eigenvalue weighted by atomic mass is 9.61. The molecule has 0 aromatic rings. The number of aliphatic hydroxyl groups excluding tert-OH is 1. The molecule has 68 valence electrons. The highest BCUT2D eigenvalue weighted by Crippen LogP contribution is 2.47. The van der Waals surface area contributed by atoms with Gasteiger partial charge < -0.3 is 5.11 Å². The molecule has 12 heavy (non-hydrogen) atoms. The molecule has 0 aromatic heterocycles. The summed E-state index contributed by atoms with van der Waals surface area (Å²) in [4.78, 5) is 0. The summed E-state index contributed by atoms with van der Waals surface area (Å²) in [5, 5.41) is 9.93. The third kappa shape index (κ3) is 1.11. The quantitative estimate of drug-likeness (QED) is 0.548. The number of fused-ring (bicyclic) bond motifs is 1. The van der Waals surface area contributed by atoms with Gasteiger partial charge in [-0.3, -0.25) is 0 Å². The smallest absolute Gasteiger partial charge is 0.0599 e. The molecule has 3 unspecified atom stereocenters. The maximum atomic E-state index is 9.93. The monoisotopic (exact) mass is 166 g/mol. The molecule has 0 saturated heterocycles. The van der Waals surface area contributed by atoms with E-state index in [0.29, 0.717) is 5.92 Å². The van der Waals surface area contributed by atoms with Crippen LogP contribution >= 0.6 is 0 Å². The molecule has 2 rings (SSSR count). The molecular formula is C11H18O. The van der Waals surface area contributed by atoms with E-state index in [1.165, 1.54) is 19.3 Å². The minimum Gasteiger partial charge on any atom is -0.393 e. The molecule has 2 aliphatic carbocycles. The molecule has 1 fully saturated rings. The molecule has 0 aliphatic heterocycles. The summed E-state index contributed by atoms with van der Waals surface area (Å²) in [5.41, 5.74) is 0.201. The number of hydrogen-bond donors (Lipinski definition) is 1. The summed E-state index contributed by atoms with van der Waals surface area (Å²) < 4.78 is 0. The summed E-state index contributed by atoms with van der Waals surface area (Å²) in [7, 11) is 0. The molecule has 1 N–H and O–H groups in total. The largest absolute Gasteiger partial charge is 0.393 e. The molecule has 0 spiro atoms. The van der Waals surface area contributed by atoms with Gasteiger partial charge in [-0.2, -0.15) is 0 Å². The van der Waals surface area contributed by atoms with Crippen molar-refractivity contribution in [3.8, 4) is 0 Å². The predicted octanol–water partition coefficient (Wildman–Crippen LogP) is 2.50. The lowest BCUT2D eigenvalue weighted by molar-refractivity contribution is -0.0351. The zero-order valence-corrected chi connectivity index (χ0v) is 7.79. The molecule has 0 heterocycles. The van der Waals surface area contributed by atoms with E-state index in [9.17, 15) is 5.11 Å². The van der Waals surface area contributed by atoms with Gasteiger partial charge in [-0.1, -0.05) is 25.5 Å². The Kier molecular flexibility index (Phi) is 1.99. The van der Waals surface area contributed by atoms with Crippen LogP contribution in [0.1, 0.15) is 39.0 Å². The lowest BCUT2D eigenvalue weighted by Crippen LogP contribution is -2.43. The third-order valence-electron chi connectivity index (χ3n) is 3.82. The Hall–Kier alpha value is -0.300. The minimum absolute atomic E-state index is 0.0544. The van der Waals surface area contributed by atoms with Crippen LogP contribution in [0.15, 0.2) is 12.2 Å². The minimum atomic E-state index is -0.0544. The van der Waals surface area contributed by atoms with E-state index in [0.717, 1.165) is 12.8 Å². The van der Waals surface area contributed by atoms with E-state index in [1.807, 2.05) is 0 Å². The van der Waals surface area contributed by atoms with Crippen molar-refractivity contribution in [1.29, 1.82) is 0 Å². The second-order valence-electron chi connectivity index (χ2n) is 4.53. The van der Waals surface area contributed by atoms with Gasteiger partial charge in [0.15, 0.2) is 0 Å². The maximum absolute atomic E-state index is 9.93. The first-order valence-corrected chi connectivity index (χ1v) is 5.08. The zero-order chi connectivity index (χ0) is 8.60. The molecule has 1 nitrogen and oxygen atoms in total. The van der Waals surface area contributed by atoms with Gasteiger partial charge in [0, 0.05) is 5.41 Å². The van der Waals surface area contributed by atoms with Crippen molar-refractivity contribution in [2.24, 2.45) is 11.3 Å². The van der Waals surface area contributed by atoms with Crippen molar-refractivity contribution in [3.63, 3.8) is 0 Å². The van der Waals surface area contributed by atoms with Crippen LogP contribution in [0.3, 0.4) is 0 Å². The van der Waals surface area contributed by atoms with Gasteiger partial charge in [-0.25, -0.2) is 0 Å². The summed E-state index contributed by atoms with van der Waals surface area (Å²) in [6.45, 7) is 2.25. The first kappa shape index (κ1) is 8.31. The van der Waals surface area contributed by atoms with Crippen molar-refractivity contribution >= 4 is 0 Å². The van der Waals surface area contributed by atoms with Gasteiger partial charge >= 0.3 is 0 Å². The van der Waals surface area contributed by atoms with Gasteiger partial charge in [0.2, 0.25) is 0 Å². The van der Waals surface area contributed by atoms with Crippen molar-refractivity contribution in [2.75, 3.05) is 0 Å². The number of allylic oxidation sites excluding steroid dienone is 2. The van der Waals surface area contributed by atoms with Crippen LogP contribution < -0.4 is 0 Å². The Morgan fingerprint density at radius 2 is 2.25 bits per heavy atom. The molecule has 0 amide bonds. The molecule has 1 heteroatoms. The van der Waals surface area contributed by atoms with E-state index < -0.39 is 0 Å². The van der Waals surface area contributed by atoms with E-state index in [4.69, 9.17) is 0 Å². The average molecular weight is 166 g/mol. The number of hydrogen-bond acceptors (Lipinski definition) is 1. The normalized spacial score (nSPS) is 47.2. The first-order valence-electron chi connectivity index (χ1n) is 5.08. The molecule has 3 atom stereocenters. The van der Waals surface area contributed by atoms with Crippen molar-refractivity contribution in [2.45, 2.75) is 45.1 Å². The second kappa shape index (κ2) is 2.88. The highest BCUT2D eigenvalue weighted by molar-refractivity contribution is 5.06. The Bertz CT molecular complexity index is 197. The van der Waals surface area contributed by atoms with E-state index in [1.54, 1.807) is 0 Å². The van der Waals surface area contributed by atoms with Crippen LogP contribution in [-0.4, -0.2) is 11.2 Å². The van der Waals surface area contributed by atoms with Crippen LogP contribution in [0.5, 0.6) is 0 Å². The Balaban J connectivity index is 2.23. The molecule has 2 aliphatic rings. The fraction of sp³-hybridized carbons (Fsp3) is 0.818. The summed E-state index contributed by atoms with van der Waals surface area (Å²) in [6.07, 6.45) is 10.4. The fourth-order valence-electron chi connectivity index (χ4n) is 2.76. The standard InChI is InChI=1S/C11H18O/c1-11-8-3-2-5-9(11)6-4-7-10(11)12/h2,5,9-10,12H,3-4,6-8H2,1H3. The van der Waals surface area contributed by atoms with E-state index in [-0.39, 0.29) is 11.5 Å². The van der Waals surface area contributed by atoms with Gasteiger partial charge in [0.25, 0.3) is 0 Å². The van der Waals surface area contributed by atoms with Gasteiger partial charge in [0.05, 0.1) is 6.10 Å². The predicted molar refractivity (Wildman–Crippen MR) is 49.8 cm³/mol. The van der Waals surface area contributed by atoms with Crippen LogP contribution in [0, 0.1) is 11.3 Å². The molecule has 1 saturated carbocycles. The number of rotatable bonds is 0. The second-order valence-corrected chi connectivity index (χ2v) is 4.53. The molecule has 0 radical (unpaired) electrons. The zero-order valence-electron chi connectivity index (χ0n) is 7.79. The highest BCUT2D eigenvalue weighted by atomic mass is 16.3. The van der Waals surface area contributed by atoms with E-state index >= 15 is 0 Å². The van der Waals surface area contributed by atoms with Gasteiger partial charge in [-0.05, 0) is 31.6 Å². The Labute approximate surface area is 74.5 Å². The summed E-state index contributed by atoms with van der Waals surface area (Å²) in [6, 6.07) is 0. The maximum Gasteiger partial charge on any atom is 0.0599 e. The first-order chi connectivity index (χ1) is 5.73. The van der Waals surface area contributed by atoms with Crippen molar-refractivity contribution < 1.29 is 5.11 Å². The highest BCUT2D eigenvalue weighted by Gasteiger charge is 2.42. The lowest BCUT2D eigenvalue weighted by Gasteiger charge is -2.46. The topological polar surface area (TPSA) is 20.2 Å². The SMILES string of the molecule is CC12CCC=CC1CCCC2O. The fourth-order valence-corrected chi connectivity index (χ4v) is 2.76. The third-order valence-corrected chi connectivity index (χ3v) is 3.82. The van der Waals surface area contributed by atoms with Crippen LogP contribution in [0.4, 0.5) is 0 Å². The van der Waals surface area contributed by atoms with Crippen LogP contribution in [-0.2, 0) is 0 Å². The van der Waals surface area contributed by atoms with E-state index in [2.05, 4.69) is 19.1 Å². The summed E-state index contributed by atoms with van der Waals surface area (Å²) >= 11 is 0. The Morgan fingerprint density at radius 3 is 3.00 bits per heavy atom. The average Bonchev–Trinajstić information content (AvgIpc) is 2.07. The van der Waals surface area contributed by atoms with Crippen LogP contribution in [0.25, 0.3) is 0 Å². The van der Waals surface area contributed by atoms with Crippen molar-refractivity contribution in [1.82, 2.24) is 0 Å². The van der Waals surface area contributed by atoms with Crippen molar-refractivity contribution in [3.05, 3.63) is 12.2 Å². The molecular weight excluding hydrogens is 148 g/mol. The van der Waals surface area contributed by atoms with Gasteiger partial charge in [-0.15, -0.1) is 0 Å². The Morgan fingerprint density at radius 1 is 1.42 bits per heavy atom. The number of aliphatic hydroxyl groups is 1. The summed E-state index contributed by atoms with van der Waals surface area (Å²) in [5.74, 6) is 0.648. The van der Waals surface area contributed by atoms with Crippen LogP contribution in [0.2, 0.25) is 0 Å². The van der Waals surface area contributed by atoms with Gasteiger partial charge in [0.1, 0.15) is 0 Å².